The van der Waals surface area contributed by atoms with Crippen LogP contribution in [-0.4, -0.2) is 23.1 Å². The molecule has 5 nitrogen and oxygen atoms in total. The molecule has 0 aliphatic carbocycles. The van der Waals surface area contributed by atoms with Gasteiger partial charge in [-0.2, -0.15) is 5.10 Å². The van der Waals surface area contributed by atoms with Crippen LogP contribution in [0.1, 0.15) is 29.5 Å². The highest BCUT2D eigenvalue weighted by Crippen LogP contribution is 2.39. The zero-order chi connectivity index (χ0) is 18.4. The maximum absolute atomic E-state index is 5.58. The van der Waals surface area contributed by atoms with Gasteiger partial charge in [0.1, 0.15) is 5.82 Å². The highest BCUT2D eigenvalue weighted by Gasteiger charge is 2.24. The second-order valence-corrected chi connectivity index (χ2v) is 7.33. The van der Waals surface area contributed by atoms with Crippen LogP contribution in [0.2, 0.25) is 0 Å². The van der Waals surface area contributed by atoms with Gasteiger partial charge < -0.3 is 14.8 Å². The van der Waals surface area contributed by atoms with Gasteiger partial charge in [0, 0.05) is 17.7 Å². The molecule has 0 radical (unpaired) electrons. The quantitative estimate of drug-likeness (QED) is 0.723. The van der Waals surface area contributed by atoms with Gasteiger partial charge in [0.25, 0.3) is 0 Å². The highest BCUT2D eigenvalue weighted by molar-refractivity contribution is 5.73. The SMILES string of the molecule is Cc1ccc(-n2nc(-c3ccc4c(c3)OCO4)c3c2NCCCC3)c(C)c1. The minimum atomic E-state index is 0.287. The van der Waals surface area contributed by atoms with Crippen LogP contribution in [0.15, 0.2) is 36.4 Å². The molecule has 138 valence electrons. The van der Waals surface area contributed by atoms with Crippen LogP contribution in [-0.2, 0) is 6.42 Å². The molecular weight excluding hydrogens is 338 g/mol. The molecule has 2 aliphatic rings. The summed E-state index contributed by atoms with van der Waals surface area (Å²) in [5.74, 6) is 2.72. The summed E-state index contributed by atoms with van der Waals surface area (Å²) in [5, 5.41) is 8.67. The van der Waals surface area contributed by atoms with E-state index < -0.39 is 0 Å². The van der Waals surface area contributed by atoms with Gasteiger partial charge in [-0.25, -0.2) is 4.68 Å². The smallest absolute Gasteiger partial charge is 0.231 e. The topological polar surface area (TPSA) is 48.3 Å². The summed E-state index contributed by atoms with van der Waals surface area (Å²) in [7, 11) is 0. The number of fused-ring (bicyclic) bond motifs is 2. The fraction of sp³-hybridized carbons (Fsp3) is 0.318. The number of aromatic nitrogens is 2. The maximum Gasteiger partial charge on any atom is 0.231 e. The number of rotatable bonds is 2. The van der Waals surface area contributed by atoms with Gasteiger partial charge >= 0.3 is 0 Å². The Morgan fingerprint density at radius 1 is 1.00 bits per heavy atom. The van der Waals surface area contributed by atoms with Gasteiger partial charge in [0.2, 0.25) is 6.79 Å². The fourth-order valence-corrected chi connectivity index (χ4v) is 4.00. The Kier molecular flexibility index (Phi) is 3.81. The van der Waals surface area contributed by atoms with Crippen molar-refractivity contribution in [1.29, 1.82) is 0 Å². The number of ether oxygens (including phenoxy) is 2. The van der Waals surface area contributed by atoms with E-state index >= 15 is 0 Å². The number of benzene rings is 2. The Morgan fingerprint density at radius 2 is 1.89 bits per heavy atom. The molecule has 2 aromatic carbocycles. The van der Waals surface area contributed by atoms with E-state index in [2.05, 4.69) is 48.1 Å². The molecule has 5 heteroatoms. The summed E-state index contributed by atoms with van der Waals surface area (Å²) in [6.45, 7) is 5.53. The molecular formula is C22H23N3O2. The van der Waals surface area contributed by atoms with Crippen molar-refractivity contribution < 1.29 is 9.47 Å². The van der Waals surface area contributed by atoms with Gasteiger partial charge in [-0.05, 0) is 62.9 Å². The minimum absolute atomic E-state index is 0.287. The molecule has 0 amide bonds. The lowest BCUT2D eigenvalue weighted by molar-refractivity contribution is 0.174. The first-order chi connectivity index (χ1) is 13.2. The lowest BCUT2D eigenvalue weighted by Gasteiger charge is -2.12. The van der Waals surface area contributed by atoms with Crippen LogP contribution in [0.3, 0.4) is 0 Å². The van der Waals surface area contributed by atoms with E-state index in [0.717, 1.165) is 53.6 Å². The monoisotopic (exact) mass is 361 g/mol. The number of aryl methyl sites for hydroxylation is 2. The molecule has 27 heavy (non-hydrogen) atoms. The summed E-state index contributed by atoms with van der Waals surface area (Å²) < 4.78 is 13.1. The first-order valence-electron chi connectivity index (χ1n) is 9.54. The standard InChI is InChI=1S/C22H23N3O2/c1-14-6-8-18(15(2)11-14)25-22-17(5-3-4-10-23-22)21(24-25)16-7-9-19-20(12-16)27-13-26-19/h6-9,11-12,23H,3-5,10,13H2,1-2H3. The average molecular weight is 361 g/mol. The number of nitrogens with one attached hydrogen (secondary N) is 1. The van der Waals surface area contributed by atoms with Gasteiger partial charge in [-0.15, -0.1) is 0 Å². The average Bonchev–Trinajstić information content (AvgIpc) is 3.18. The van der Waals surface area contributed by atoms with Crippen molar-refractivity contribution in [2.45, 2.75) is 33.1 Å². The van der Waals surface area contributed by atoms with Gasteiger partial charge in [-0.3, -0.25) is 0 Å². The Morgan fingerprint density at radius 3 is 2.78 bits per heavy atom. The normalized spacial score (nSPS) is 15.2. The van der Waals surface area contributed by atoms with Crippen molar-refractivity contribution in [3.8, 4) is 28.4 Å². The number of hydrogen-bond acceptors (Lipinski definition) is 4. The van der Waals surface area contributed by atoms with E-state index in [1.54, 1.807) is 0 Å². The van der Waals surface area contributed by atoms with E-state index in [1.807, 2.05) is 12.1 Å². The molecule has 0 bridgehead atoms. The maximum atomic E-state index is 5.58. The summed E-state index contributed by atoms with van der Waals surface area (Å²) in [4.78, 5) is 0. The van der Waals surface area contributed by atoms with E-state index in [-0.39, 0.29) is 6.79 Å². The second kappa shape index (κ2) is 6.34. The van der Waals surface area contributed by atoms with Gasteiger partial charge in [-0.1, -0.05) is 17.7 Å². The third-order valence-corrected chi connectivity index (χ3v) is 5.36. The molecule has 3 heterocycles. The van der Waals surface area contributed by atoms with Crippen molar-refractivity contribution in [3.05, 3.63) is 53.1 Å². The van der Waals surface area contributed by atoms with Gasteiger partial charge in [0.05, 0.1) is 11.4 Å². The van der Waals surface area contributed by atoms with Crippen LogP contribution >= 0.6 is 0 Å². The Hall–Kier alpha value is -2.95. The molecule has 1 aromatic heterocycles. The summed E-state index contributed by atoms with van der Waals surface area (Å²) >= 11 is 0. The highest BCUT2D eigenvalue weighted by atomic mass is 16.7. The van der Waals surface area contributed by atoms with Crippen LogP contribution < -0.4 is 14.8 Å². The lowest BCUT2D eigenvalue weighted by atomic mass is 10.0. The van der Waals surface area contributed by atoms with Crippen molar-refractivity contribution in [2.24, 2.45) is 0 Å². The number of anilines is 1. The summed E-state index contributed by atoms with van der Waals surface area (Å²) in [6.07, 6.45) is 3.36. The predicted molar refractivity (Wildman–Crippen MR) is 106 cm³/mol. The predicted octanol–water partition coefficient (Wildman–Crippen LogP) is 4.63. The first-order valence-corrected chi connectivity index (χ1v) is 9.54. The largest absolute Gasteiger partial charge is 0.454 e. The van der Waals surface area contributed by atoms with E-state index in [4.69, 9.17) is 14.6 Å². The van der Waals surface area contributed by atoms with Crippen molar-refractivity contribution in [2.75, 3.05) is 18.7 Å². The van der Waals surface area contributed by atoms with E-state index in [1.165, 1.54) is 23.1 Å². The summed E-state index contributed by atoms with van der Waals surface area (Å²) in [5.41, 5.74) is 6.99. The molecule has 2 aliphatic heterocycles. The van der Waals surface area contributed by atoms with E-state index in [0.29, 0.717) is 0 Å². The molecule has 5 rings (SSSR count). The van der Waals surface area contributed by atoms with Crippen LogP contribution in [0.4, 0.5) is 5.82 Å². The Balaban J connectivity index is 1.69. The molecule has 0 saturated heterocycles. The molecule has 0 unspecified atom stereocenters. The molecule has 0 atom stereocenters. The zero-order valence-corrected chi connectivity index (χ0v) is 15.7. The lowest BCUT2D eigenvalue weighted by Crippen LogP contribution is -2.08. The van der Waals surface area contributed by atoms with Crippen molar-refractivity contribution in [3.63, 3.8) is 0 Å². The molecule has 0 fully saturated rings. The minimum Gasteiger partial charge on any atom is -0.454 e. The van der Waals surface area contributed by atoms with Crippen molar-refractivity contribution >= 4 is 5.82 Å². The van der Waals surface area contributed by atoms with Crippen LogP contribution in [0.25, 0.3) is 16.9 Å². The first kappa shape index (κ1) is 16.2. The van der Waals surface area contributed by atoms with E-state index in [9.17, 15) is 0 Å². The molecule has 0 spiro atoms. The van der Waals surface area contributed by atoms with Gasteiger partial charge in [0.15, 0.2) is 11.5 Å². The fourth-order valence-electron chi connectivity index (χ4n) is 4.00. The number of nitrogens with zero attached hydrogens (tertiary/aromatic N) is 2. The van der Waals surface area contributed by atoms with Crippen LogP contribution in [0, 0.1) is 13.8 Å². The molecule has 3 aromatic rings. The Bertz CT molecular complexity index is 1020. The van der Waals surface area contributed by atoms with Crippen molar-refractivity contribution in [1.82, 2.24) is 9.78 Å². The second-order valence-electron chi connectivity index (χ2n) is 7.33. The number of hydrogen-bond donors (Lipinski definition) is 1. The molecule has 0 saturated carbocycles. The van der Waals surface area contributed by atoms with Crippen LogP contribution in [0.5, 0.6) is 11.5 Å². The third-order valence-electron chi connectivity index (χ3n) is 5.36. The summed E-state index contributed by atoms with van der Waals surface area (Å²) in [6, 6.07) is 12.6. The third kappa shape index (κ3) is 2.74. The Labute approximate surface area is 158 Å². The zero-order valence-electron chi connectivity index (χ0n) is 15.7. The molecule has 1 N–H and O–H groups in total.